The van der Waals surface area contributed by atoms with Crippen molar-refractivity contribution in [3.8, 4) is 0 Å². The van der Waals surface area contributed by atoms with Crippen LogP contribution in [-0.2, 0) is 9.47 Å². The second-order valence-corrected chi connectivity index (χ2v) is 4.78. The highest BCUT2D eigenvalue weighted by Gasteiger charge is 2.54. The minimum atomic E-state index is -0.902. The summed E-state index contributed by atoms with van der Waals surface area (Å²) in [6, 6.07) is 0. The van der Waals surface area contributed by atoms with Crippen molar-refractivity contribution in [2.45, 2.75) is 50.5 Å². The van der Waals surface area contributed by atoms with Gasteiger partial charge in [-0.3, -0.25) is 0 Å². The Morgan fingerprint density at radius 2 is 2.07 bits per heavy atom. The summed E-state index contributed by atoms with van der Waals surface area (Å²) in [6.07, 6.45) is -1.70. The van der Waals surface area contributed by atoms with Crippen molar-refractivity contribution in [3.63, 3.8) is 0 Å². The molecule has 5 heteroatoms. The second kappa shape index (κ2) is 3.68. The molecule has 1 aliphatic carbocycles. The maximum absolute atomic E-state index is 9.92. The van der Waals surface area contributed by atoms with E-state index in [2.05, 4.69) is 0 Å². The maximum Gasteiger partial charge on any atom is 0.163 e. The zero-order valence-electron chi connectivity index (χ0n) is 8.96. The summed E-state index contributed by atoms with van der Waals surface area (Å²) in [5.41, 5.74) is 0. The Balaban J connectivity index is 2.05. The van der Waals surface area contributed by atoms with Crippen LogP contribution in [0.5, 0.6) is 0 Å². The molecule has 0 radical (unpaired) electrons. The smallest absolute Gasteiger partial charge is 0.163 e. The molecule has 2 fully saturated rings. The van der Waals surface area contributed by atoms with E-state index in [9.17, 15) is 10.2 Å². The lowest BCUT2D eigenvalue weighted by Crippen LogP contribution is -2.37. The monoisotopic (exact) mass is 218 g/mol. The molecule has 0 amide bonds. The van der Waals surface area contributed by atoms with Gasteiger partial charge < -0.3 is 24.8 Å². The van der Waals surface area contributed by atoms with Crippen molar-refractivity contribution in [2.24, 2.45) is 5.92 Å². The summed E-state index contributed by atoms with van der Waals surface area (Å²) in [5, 5.41) is 28.2. The number of aliphatic hydroxyl groups is 3. The van der Waals surface area contributed by atoms with Gasteiger partial charge in [-0.15, -0.1) is 0 Å². The zero-order chi connectivity index (χ0) is 11.2. The van der Waals surface area contributed by atoms with E-state index < -0.39 is 18.0 Å². The lowest BCUT2D eigenvalue weighted by Gasteiger charge is -2.25. The van der Waals surface area contributed by atoms with Crippen LogP contribution in [0.15, 0.2) is 0 Å². The molecule has 1 saturated carbocycles. The van der Waals surface area contributed by atoms with Gasteiger partial charge in [-0.2, -0.15) is 0 Å². The van der Waals surface area contributed by atoms with E-state index in [0.29, 0.717) is 6.42 Å². The average molecular weight is 218 g/mol. The third kappa shape index (κ3) is 1.90. The highest BCUT2D eigenvalue weighted by Crippen LogP contribution is 2.42. The Hall–Kier alpha value is -0.200. The van der Waals surface area contributed by atoms with Gasteiger partial charge in [0.05, 0.1) is 24.9 Å². The van der Waals surface area contributed by atoms with Crippen LogP contribution < -0.4 is 0 Å². The normalized spacial score (nSPS) is 45.4. The van der Waals surface area contributed by atoms with Gasteiger partial charge in [-0.05, 0) is 20.3 Å². The first-order valence-corrected chi connectivity index (χ1v) is 5.27. The molecule has 5 nitrogen and oxygen atoms in total. The summed E-state index contributed by atoms with van der Waals surface area (Å²) in [6.45, 7) is 3.26. The van der Waals surface area contributed by atoms with E-state index in [-0.39, 0.29) is 24.7 Å². The van der Waals surface area contributed by atoms with Crippen molar-refractivity contribution in [2.75, 3.05) is 6.61 Å². The molecule has 1 aliphatic heterocycles. The molecule has 5 atom stereocenters. The average Bonchev–Trinajstić information content (AvgIpc) is 2.60. The van der Waals surface area contributed by atoms with Crippen LogP contribution in [0, 0.1) is 5.92 Å². The van der Waals surface area contributed by atoms with Crippen LogP contribution in [0.4, 0.5) is 0 Å². The molecule has 0 bridgehead atoms. The van der Waals surface area contributed by atoms with Crippen molar-refractivity contribution >= 4 is 0 Å². The summed E-state index contributed by atoms with van der Waals surface area (Å²) in [7, 11) is 0. The van der Waals surface area contributed by atoms with Gasteiger partial charge in [0.1, 0.15) is 6.10 Å². The molecule has 15 heavy (non-hydrogen) atoms. The third-order valence-corrected chi connectivity index (χ3v) is 3.18. The topological polar surface area (TPSA) is 79.2 Å². The van der Waals surface area contributed by atoms with Crippen LogP contribution in [0.1, 0.15) is 20.3 Å². The minimum Gasteiger partial charge on any atom is -0.394 e. The predicted molar refractivity (Wildman–Crippen MR) is 51.0 cm³/mol. The molecule has 0 aromatic carbocycles. The van der Waals surface area contributed by atoms with Gasteiger partial charge in [0.15, 0.2) is 5.79 Å². The van der Waals surface area contributed by atoms with Crippen LogP contribution in [0.3, 0.4) is 0 Å². The van der Waals surface area contributed by atoms with Gasteiger partial charge in [-0.25, -0.2) is 0 Å². The van der Waals surface area contributed by atoms with Crippen LogP contribution in [0.25, 0.3) is 0 Å². The Kier molecular flexibility index (Phi) is 2.77. The Labute approximate surface area is 88.6 Å². The maximum atomic E-state index is 9.92. The number of hydrogen-bond acceptors (Lipinski definition) is 5. The fraction of sp³-hybridized carbons (Fsp3) is 1.00. The van der Waals surface area contributed by atoms with Crippen molar-refractivity contribution < 1.29 is 24.8 Å². The molecular formula is C10H18O5. The minimum absolute atomic E-state index is 0.179. The van der Waals surface area contributed by atoms with E-state index in [0.717, 1.165) is 0 Å². The first kappa shape index (κ1) is 11.3. The van der Waals surface area contributed by atoms with Crippen molar-refractivity contribution in [1.29, 1.82) is 0 Å². The summed E-state index contributed by atoms with van der Waals surface area (Å²) < 4.78 is 11.1. The molecule has 0 spiro atoms. The molecule has 88 valence electrons. The number of hydrogen-bond donors (Lipinski definition) is 3. The Bertz CT molecular complexity index is 242. The van der Waals surface area contributed by atoms with Crippen LogP contribution in [0.2, 0.25) is 0 Å². The highest BCUT2D eigenvalue weighted by atomic mass is 16.8. The zero-order valence-corrected chi connectivity index (χ0v) is 8.96. The molecule has 1 heterocycles. The fourth-order valence-electron chi connectivity index (χ4n) is 2.51. The van der Waals surface area contributed by atoms with E-state index >= 15 is 0 Å². The largest absolute Gasteiger partial charge is 0.394 e. The van der Waals surface area contributed by atoms with Gasteiger partial charge in [0.25, 0.3) is 0 Å². The Morgan fingerprint density at radius 1 is 1.40 bits per heavy atom. The summed E-state index contributed by atoms with van der Waals surface area (Å²) in [4.78, 5) is 0. The molecule has 1 saturated heterocycles. The quantitative estimate of drug-likeness (QED) is 0.568. The lowest BCUT2D eigenvalue weighted by molar-refractivity contribution is -0.173. The standard InChI is InChI=1S/C10H18O5/c1-10(2)14-7-3-5(6(12)4-11)8(13)9(7)15-10/h5-9,11-13H,3-4H2,1-2H3/t5-,6-,7-,8+,9-/m1/s1. The third-order valence-electron chi connectivity index (χ3n) is 3.18. The first-order valence-electron chi connectivity index (χ1n) is 5.27. The number of rotatable bonds is 2. The van der Waals surface area contributed by atoms with E-state index in [4.69, 9.17) is 14.6 Å². The molecule has 0 aromatic heterocycles. The van der Waals surface area contributed by atoms with Crippen molar-refractivity contribution in [3.05, 3.63) is 0 Å². The number of aliphatic hydroxyl groups excluding tert-OH is 3. The molecule has 3 N–H and O–H groups in total. The van der Waals surface area contributed by atoms with E-state index in [1.165, 1.54) is 0 Å². The van der Waals surface area contributed by atoms with Crippen LogP contribution >= 0.6 is 0 Å². The first-order chi connectivity index (χ1) is 6.94. The molecule has 0 aromatic rings. The van der Waals surface area contributed by atoms with Crippen molar-refractivity contribution in [1.82, 2.24) is 0 Å². The molecule has 2 rings (SSSR count). The SMILES string of the molecule is CC1(C)O[C@H]2[C@@H](O)[C@@H]([C@H](O)CO)C[C@H]2O1. The number of ether oxygens (including phenoxy) is 2. The molecule has 2 aliphatic rings. The van der Waals surface area contributed by atoms with E-state index in [1.54, 1.807) is 13.8 Å². The van der Waals surface area contributed by atoms with Gasteiger partial charge in [-0.1, -0.05) is 0 Å². The second-order valence-electron chi connectivity index (χ2n) is 4.78. The van der Waals surface area contributed by atoms with Gasteiger partial charge in [0, 0.05) is 5.92 Å². The summed E-state index contributed by atoms with van der Waals surface area (Å²) >= 11 is 0. The number of fused-ring (bicyclic) bond motifs is 1. The van der Waals surface area contributed by atoms with Gasteiger partial charge >= 0.3 is 0 Å². The fourth-order valence-corrected chi connectivity index (χ4v) is 2.51. The van der Waals surface area contributed by atoms with E-state index in [1.807, 2.05) is 0 Å². The van der Waals surface area contributed by atoms with Crippen LogP contribution in [-0.4, -0.2) is 52.1 Å². The highest BCUT2D eigenvalue weighted by molar-refractivity contribution is 4.99. The van der Waals surface area contributed by atoms with Gasteiger partial charge in [0.2, 0.25) is 0 Å². The predicted octanol–water partition coefficient (Wildman–Crippen LogP) is -0.760. The molecular weight excluding hydrogens is 200 g/mol. The lowest BCUT2D eigenvalue weighted by atomic mass is 9.99. The Morgan fingerprint density at radius 3 is 2.60 bits per heavy atom. The summed E-state index contributed by atoms with van der Waals surface area (Å²) in [5.74, 6) is -1.02. The molecule has 0 unspecified atom stereocenters.